The zero-order valence-electron chi connectivity index (χ0n) is 13.0. The average Bonchev–Trinajstić information content (AvgIpc) is 3.08. The molecule has 1 unspecified atom stereocenters. The quantitative estimate of drug-likeness (QED) is 0.656. The maximum absolute atomic E-state index is 12.3. The van der Waals surface area contributed by atoms with Crippen LogP contribution in [0.3, 0.4) is 0 Å². The van der Waals surface area contributed by atoms with Gasteiger partial charge in [0.05, 0.1) is 18.7 Å². The molecule has 0 spiro atoms. The first kappa shape index (κ1) is 16.6. The summed E-state index contributed by atoms with van der Waals surface area (Å²) in [7, 11) is 1.30. The predicted molar refractivity (Wildman–Crippen MR) is 85.7 cm³/mol. The van der Waals surface area contributed by atoms with Crippen LogP contribution < -0.4 is 10.2 Å². The SMILES string of the molecule is COC(=O)/C=C/CNC(=O)C1CCCN1c1ccc(C#N)cc1. The minimum absolute atomic E-state index is 0.0682. The Morgan fingerprint density at radius 1 is 1.43 bits per heavy atom. The smallest absolute Gasteiger partial charge is 0.330 e. The van der Waals surface area contributed by atoms with Gasteiger partial charge in [0, 0.05) is 24.9 Å². The summed E-state index contributed by atoms with van der Waals surface area (Å²) in [4.78, 5) is 25.3. The highest BCUT2D eigenvalue weighted by molar-refractivity contribution is 5.86. The number of methoxy groups -OCH3 is 1. The molecule has 6 nitrogen and oxygen atoms in total. The van der Waals surface area contributed by atoms with Crippen LogP contribution in [0.25, 0.3) is 0 Å². The van der Waals surface area contributed by atoms with Gasteiger partial charge in [-0.15, -0.1) is 0 Å². The van der Waals surface area contributed by atoms with E-state index in [2.05, 4.69) is 16.1 Å². The molecule has 1 atom stereocenters. The van der Waals surface area contributed by atoms with Crippen LogP contribution >= 0.6 is 0 Å². The van der Waals surface area contributed by atoms with Gasteiger partial charge in [-0.3, -0.25) is 4.79 Å². The third kappa shape index (κ3) is 4.33. The van der Waals surface area contributed by atoms with E-state index in [4.69, 9.17) is 5.26 Å². The van der Waals surface area contributed by atoms with Crippen molar-refractivity contribution >= 4 is 17.6 Å². The number of anilines is 1. The normalized spacial score (nSPS) is 17.0. The van der Waals surface area contributed by atoms with Crippen LogP contribution in [0.5, 0.6) is 0 Å². The van der Waals surface area contributed by atoms with Gasteiger partial charge in [0.15, 0.2) is 0 Å². The molecule has 2 rings (SSSR count). The standard InChI is InChI=1S/C17H19N3O3/c1-23-16(21)5-2-10-19-17(22)15-4-3-11-20(15)14-8-6-13(12-18)7-9-14/h2,5-9,15H,3-4,10-11H2,1H3,(H,19,22)/b5-2+. The van der Waals surface area contributed by atoms with Gasteiger partial charge in [0.25, 0.3) is 0 Å². The minimum Gasteiger partial charge on any atom is -0.466 e. The molecule has 1 aliphatic rings. The third-order valence-corrected chi connectivity index (χ3v) is 3.73. The van der Waals surface area contributed by atoms with E-state index in [0.29, 0.717) is 5.56 Å². The van der Waals surface area contributed by atoms with E-state index >= 15 is 0 Å². The Labute approximate surface area is 135 Å². The first-order valence-electron chi connectivity index (χ1n) is 7.44. The number of ether oxygens (including phenoxy) is 1. The lowest BCUT2D eigenvalue weighted by Gasteiger charge is -2.25. The molecule has 23 heavy (non-hydrogen) atoms. The van der Waals surface area contributed by atoms with E-state index in [0.717, 1.165) is 25.1 Å². The molecule has 1 heterocycles. The number of esters is 1. The second kappa shape index (κ2) is 7.99. The van der Waals surface area contributed by atoms with Crippen LogP contribution in [0, 0.1) is 11.3 Å². The van der Waals surface area contributed by atoms with E-state index in [-0.39, 0.29) is 18.5 Å². The molecule has 0 aliphatic carbocycles. The average molecular weight is 313 g/mol. The highest BCUT2D eigenvalue weighted by atomic mass is 16.5. The van der Waals surface area contributed by atoms with Gasteiger partial charge in [0.2, 0.25) is 5.91 Å². The summed E-state index contributed by atoms with van der Waals surface area (Å²) < 4.78 is 4.48. The Morgan fingerprint density at radius 3 is 2.83 bits per heavy atom. The van der Waals surface area contributed by atoms with Gasteiger partial charge >= 0.3 is 5.97 Å². The van der Waals surface area contributed by atoms with E-state index in [9.17, 15) is 9.59 Å². The molecule has 120 valence electrons. The highest BCUT2D eigenvalue weighted by Crippen LogP contribution is 2.25. The van der Waals surface area contributed by atoms with Crippen molar-refractivity contribution in [2.45, 2.75) is 18.9 Å². The largest absolute Gasteiger partial charge is 0.466 e. The number of carbonyl (C=O) groups is 2. The van der Waals surface area contributed by atoms with Crippen LogP contribution in [0.1, 0.15) is 18.4 Å². The van der Waals surface area contributed by atoms with Crippen molar-refractivity contribution in [3.05, 3.63) is 42.0 Å². The molecule has 0 radical (unpaired) electrons. The topological polar surface area (TPSA) is 82.4 Å². The fourth-order valence-electron chi connectivity index (χ4n) is 2.58. The molecular weight excluding hydrogens is 294 g/mol. The van der Waals surface area contributed by atoms with Crippen LogP contribution in [0.4, 0.5) is 5.69 Å². The van der Waals surface area contributed by atoms with Gasteiger partial charge in [-0.1, -0.05) is 6.08 Å². The monoisotopic (exact) mass is 313 g/mol. The number of rotatable bonds is 5. The fraction of sp³-hybridized carbons (Fsp3) is 0.353. The molecule has 0 bridgehead atoms. The summed E-state index contributed by atoms with van der Waals surface area (Å²) in [6.07, 6.45) is 4.57. The molecule has 1 aromatic carbocycles. The van der Waals surface area contributed by atoms with E-state index in [1.165, 1.54) is 13.2 Å². The molecule has 1 aliphatic heterocycles. The van der Waals surface area contributed by atoms with Crippen LogP contribution in [-0.4, -0.2) is 38.1 Å². The number of nitriles is 1. The zero-order valence-corrected chi connectivity index (χ0v) is 13.0. The molecule has 1 amide bonds. The van der Waals surface area contributed by atoms with Crippen molar-refractivity contribution in [2.24, 2.45) is 0 Å². The molecule has 1 fully saturated rings. The lowest BCUT2D eigenvalue weighted by Crippen LogP contribution is -2.43. The molecule has 1 N–H and O–H groups in total. The minimum atomic E-state index is -0.445. The summed E-state index contributed by atoms with van der Waals surface area (Å²) in [5.74, 6) is -0.513. The lowest BCUT2D eigenvalue weighted by atomic mass is 10.1. The van der Waals surface area contributed by atoms with Crippen LogP contribution in [0.2, 0.25) is 0 Å². The number of nitrogens with one attached hydrogen (secondary N) is 1. The Kier molecular flexibility index (Phi) is 5.75. The number of hydrogen-bond donors (Lipinski definition) is 1. The summed E-state index contributed by atoms with van der Waals surface area (Å²) in [6, 6.07) is 9.08. The van der Waals surface area contributed by atoms with Gasteiger partial charge in [-0.05, 0) is 37.1 Å². The fourth-order valence-corrected chi connectivity index (χ4v) is 2.58. The molecular formula is C17H19N3O3. The van der Waals surface area contributed by atoms with Gasteiger partial charge in [0.1, 0.15) is 6.04 Å². The maximum atomic E-state index is 12.3. The summed E-state index contributed by atoms with van der Waals surface area (Å²) in [6.45, 7) is 1.09. The third-order valence-electron chi connectivity index (χ3n) is 3.73. The van der Waals surface area contributed by atoms with E-state index < -0.39 is 5.97 Å². The molecule has 1 saturated heterocycles. The first-order chi connectivity index (χ1) is 11.2. The Morgan fingerprint density at radius 2 is 2.17 bits per heavy atom. The highest BCUT2D eigenvalue weighted by Gasteiger charge is 2.30. The summed E-state index contributed by atoms with van der Waals surface area (Å²) in [5.41, 5.74) is 1.54. The molecule has 0 saturated carbocycles. The van der Waals surface area contributed by atoms with Gasteiger partial charge in [-0.2, -0.15) is 5.26 Å². The second-order valence-corrected chi connectivity index (χ2v) is 5.18. The van der Waals surface area contributed by atoms with Crippen LogP contribution in [-0.2, 0) is 14.3 Å². The Hall–Kier alpha value is -2.81. The molecule has 0 aromatic heterocycles. The number of benzene rings is 1. The number of amides is 1. The number of nitrogens with zero attached hydrogens (tertiary/aromatic N) is 2. The van der Waals surface area contributed by atoms with Crippen molar-refractivity contribution in [2.75, 3.05) is 25.1 Å². The number of carbonyl (C=O) groups excluding carboxylic acids is 2. The van der Waals surface area contributed by atoms with Crippen molar-refractivity contribution in [1.82, 2.24) is 5.32 Å². The zero-order chi connectivity index (χ0) is 16.7. The van der Waals surface area contributed by atoms with Gasteiger partial charge in [-0.25, -0.2) is 4.79 Å². The van der Waals surface area contributed by atoms with Crippen molar-refractivity contribution in [3.63, 3.8) is 0 Å². The van der Waals surface area contributed by atoms with Gasteiger partial charge < -0.3 is 15.0 Å². The predicted octanol–water partition coefficient (Wildman–Crippen LogP) is 1.37. The lowest BCUT2D eigenvalue weighted by molar-refractivity contribution is -0.134. The Bertz CT molecular complexity index is 631. The second-order valence-electron chi connectivity index (χ2n) is 5.18. The maximum Gasteiger partial charge on any atom is 0.330 e. The van der Waals surface area contributed by atoms with Crippen LogP contribution in [0.15, 0.2) is 36.4 Å². The Balaban J connectivity index is 1.95. The van der Waals surface area contributed by atoms with Crippen molar-refractivity contribution < 1.29 is 14.3 Å². The van der Waals surface area contributed by atoms with E-state index in [1.54, 1.807) is 18.2 Å². The summed E-state index contributed by atoms with van der Waals surface area (Å²) >= 11 is 0. The first-order valence-corrected chi connectivity index (χ1v) is 7.44. The van der Waals surface area contributed by atoms with Crippen molar-refractivity contribution in [1.29, 1.82) is 5.26 Å². The summed E-state index contributed by atoms with van der Waals surface area (Å²) in [5, 5.41) is 11.6. The van der Waals surface area contributed by atoms with E-state index in [1.807, 2.05) is 17.0 Å². The number of hydrogen-bond acceptors (Lipinski definition) is 5. The van der Waals surface area contributed by atoms with Crippen molar-refractivity contribution in [3.8, 4) is 6.07 Å². The molecule has 1 aromatic rings. The molecule has 6 heteroatoms.